The number of benzene rings is 2. The summed E-state index contributed by atoms with van der Waals surface area (Å²) in [6.45, 7) is 2.15. The normalized spacial score (nSPS) is 19.0. The van der Waals surface area contributed by atoms with E-state index >= 15 is 0 Å². The smallest absolute Gasteiger partial charge is 0.338 e. The quantitative estimate of drug-likeness (QED) is 0.285. The molecule has 4 aromatic rings. The lowest BCUT2D eigenvalue weighted by atomic mass is 9.76. The van der Waals surface area contributed by atoms with Gasteiger partial charge in [0, 0.05) is 40.2 Å². The Morgan fingerprint density at radius 3 is 2.68 bits per heavy atom. The van der Waals surface area contributed by atoms with Gasteiger partial charge in [0.2, 0.25) is 0 Å². The van der Waals surface area contributed by atoms with Gasteiger partial charge < -0.3 is 9.73 Å². The van der Waals surface area contributed by atoms with Gasteiger partial charge in [0.1, 0.15) is 11.4 Å². The average molecular weight is 501 g/mol. The molecule has 0 amide bonds. The first-order valence-electron chi connectivity index (χ1n) is 11.5. The van der Waals surface area contributed by atoms with Crippen LogP contribution in [-0.2, 0) is 0 Å². The van der Waals surface area contributed by atoms with Gasteiger partial charge in [-0.2, -0.15) is 0 Å². The van der Waals surface area contributed by atoms with E-state index in [9.17, 15) is 9.18 Å². The number of aromatic nitrogens is 1. The molecule has 1 saturated carbocycles. The highest BCUT2D eigenvalue weighted by Gasteiger charge is 2.25. The Labute approximate surface area is 208 Å². The molecule has 2 heterocycles. The molecule has 7 heteroatoms. The van der Waals surface area contributed by atoms with Crippen molar-refractivity contribution >= 4 is 51.6 Å². The van der Waals surface area contributed by atoms with Crippen molar-refractivity contribution in [1.82, 2.24) is 4.98 Å². The fraction of sp³-hybridized carbons (Fsp3) is 0.333. The van der Waals surface area contributed by atoms with Crippen LogP contribution < -0.4 is 10.9 Å². The van der Waals surface area contributed by atoms with Crippen molar-refractivity contribution in [2.24, 2.45) is 5.92 Å². The van der Waals surface area contributed by atoms with Gasteiger partial charge in [-0.15, -0.1) is 12.4 Å². The second-order valence-electron chi connectivity index (χ2n) is 9.18. The summed E-state index contributed by atoms with van der Waals surface area (Å²) in [5, 5.41) is 5.84. The van der Waals surface area contributed by atoms with Crippen LogP contribution in [0.5, 0.6) is 0 Å². The molecule has 1 N–H and O–H groups in total. The van der Waals surface area contributed by atoms with Crippen LogP contribution in [0.2, 0.25) is 5.02 Å². The Bertz CT molecular complexity index is 1370. The summed E-state index contributed by atoms with van der Waals surface area (Å²) in [6.07, 6.45) is 7.29. The summed E-state index contributed by atoms with van der Waals surface area (Å²) in [4.78, 5) is 16.4. The molecule has 1 aliphatic carbocycles. The molecule has 1 aliphatic rings. The van der Waals surface area contributed by atoms with Crippen LogP contribution in [0, 0.1) is 11.7 Å². The van der Waals surface area contributed by atoms with Crippen LogP contribution in [0.3, 0.4) is 0 Å². The van der Waals surface area contributed by atoms with Crippen molar-refractivity contribution in [3.8, 4) is 0 Å². The van der Waals surface area contributed by atoms with Crippen LogP contribution in [0.15, 0.2) is 63.9 Å². The maximum absolute atomic E-state index is 13.8. The highest BCUT2D eigenvalue weighted by Crippen LogP contribution is 2.40. The molecule has 1 fully saturated rings. The van der Waals surface area contributed by atoms with Gasteiger partial charge in [-0.25, -0.2) is 9.18 Å². The number of fused-ring (bicyclic) bond motifs is 2. The van der Waals surface area contributed by atoms with E-state index in [0.29, 0.717) is 22.4 Å². The Morgan fingerprint density at radius 2 is 1.88 bits per heavy atom. The van der Waals surface area contributed by atoms with E-state index in [1.165, 1.54) is 17.7 Å². The first-order chi connectivity index (χ1) is 16.0. The lowest BCUT2D eigenvalue weighted by molar-refractivity contribution is 0.302. The number of halogens is 3. The fourth-order valence-corrected chi connectivity index (χ4v) is 5.45. The topological polar surface area (TPSA) is 55.1 Å². The van der Waals surface area contributed by atoms with Crippen molar-refractivity contribution in [3.05, 3.63) is 81.6 Å². The highest BCUT2D eigenvalue weighted by molar-refractivity contribution is 6.31. The first kappa shape index (κ1) is 24.5. The Kier molecular flexibility index (Phi) is 7.44. The summed E-state index contributed by atoms with van der Waals surface area (Å²) < 4.78 is 19.1. The third-order valence-corrected chi connectivity index (χ3v) is 7.05. The second kappa shape index (κ2) is 10.3. The fourth-order valence-electron chi connectivity index (χ4n) is 5.29. The van der Waals surface area contributed by atoms with E-state index in [4.69, 9.17) is 16.0 Å². The van der Waals surface area contributed by atoms with E-state index in [-0.39, 0.29) is 29.9 Å². The standard InChI is InChI=1S/C27H26ClFN2O2.ClH/c1-16(31-25-15-27(32)33-26-13-19(28)6-8-22(25)26)12-17-2-4-18(5-3-17)21-10-11-30-24-9-7-20(29)14-23(21)24;/h6-11,13-18,31H,2-5,12H2,1H3;1H/t16-,17?,18?;/m1./s1. The van der Waals surface area contributed by atoms with Crippen LogP contribution in [0.1, 0.15) is 50.5 Å². The number of rotatable bonds is 5. The summed E-state index contributed by atoms with van der Waals surface area (Å²) in [7, 11) is 0. The summed E-state index contributed by atoms with van der Waals surface area (Å²) in [5.74, 6) is 0.828. The van der Waals surface area contributed by atoms with Gasteiger partial charge in [-0.05, 0) is 92.8 Å². The summed E-state index contributed by atoms with van der Waals surface area (Å²) >= 11 is 6.05. The molecular formula is C27H27Cl2FN2O2. The van der Waals surface area contributed by atoms with Crippen molar-refractivity contribution in [1.29, 1.82) is 0 Å². The van der Waals surface area contributed by atoms with Crippen molar-refractivity contribution < 1.29 is 8.81 Å². The van der Waals surface area contributed by atoms with E-state index in [1.807, 2.05) is 12.3 Å². The van der Waals surface area contributed by atoms with Gasteiger partial charge >= 0.3 is 5.63 Å². The molecule has 2 aromatic carbocycles. The van der Waals surface area contributed by atoms with E-state index in [2.05, 4.69) is 23.3 Å². The second-order valence-corrected chi connectivity index (χ2v) is 9.62. The molecule has 0 radical (unpaired) electrons. The number of nitrogens with zero attached hydrogens (tertiary/aromatic N) is 1. The predicted octanol–water partition coefficient (Wildman–Crippen LogP) is 7.72. The number of pyridine rings is 1. The van der Waals surface area contributed by atoms with Gasteiger partial charge in [0.05, 0.1) is 11.2 Å². The number of anilines is 1. The third-order valence-electron chi connectivity index (χ3n) is 6.82. The summed E-state index contributed by atoms with van der Waals surface area (Å²) in [5.41, 5.74) is 2.96. The molecule has 4 nitrogen and oxygen atoms in total. The van der Waals surface area contributed by atoms with Crippen LogP contribution in [0.4, 0.5) is 10.1 Å². The van der Waals surface area contributed by atoms with Crippen molar-refractivity contribution in [3.63, 3.8) is 0 Å². The van der Waals surface area contributed by atoms with Crippen LogP contribution >= 0.6 is 24.0 Å². The zero-order chi connectivity index (χ0) is 22.9. The minimum Gasteiger partial charge on any atom is -0.423 e. The summed E-state index contributed by atoms with van der Waals surface area (Å²) in [6, 6.07) is 14.0. The molecule has 0 bridgehead atoms. The molecule has 178 valence electrons. The van der Waals surface area contributed by atoms with Crippen molar-refractivity contribution in [2.45, 2.75) is 51.0 Å². The molecule has 0 unspecified atom stereocenters. The Hall–Kier alpha value is -2.63. The maximum atomic E-state index is 13.8. The lowest BCUT2D eigenvalue weighted by Gasteiger charge is -2.31. The average Bonchev–Trinajstić information content (AvgIpc) is 2.78. The highest BCUT2D eigenvalue weighted by atomic mass is 35.5. The largest absolute Gasteiger partial charge is 0.423 e. The van der Waals surface area contributed by atoms with Crippen molar-refractivity contribution in [2.75, 3.05) is 5.32 Å². The minimum atomic E-state index is -0.388. The van der Waals surface area contributed by atoms with Crippen LogP contribution in [0.25, 0.3) is 21.9 Å². The molecule has 0 spiro atoms. The van der Waals surface area contributed by atoms with Gasteiger partial charge in [0.25, 0.3) is 0 Å². The molecule has 0 aliphatic heterocycles. The zero-order valence-electron chi connectivity index (χ0n) is 18.9. The SMILES string of the molecule is C[C@H](CC1CCC(c2ccnc3ccc(F)cc23)CC1)Nc1cc(=O)oc2cc(Cl)ccc12.Cl. The lowest BCUT2D eigenvalue weighted by Crippen LogP contribution is -2.23. The molecule has 5 rings (SSSR count). The molecule has 0 saturated heterocycles. The number of hydrogen-bond donors (Lipinski definition) is 1. The molecular weight excluding hydrogens is 474 g/mol. The minimum absolute atomic E-state index is 0. The number of nitrogens with one attached hydrogen (secondary N) is 1. The monoisotopic (exact) mass is 500 g/mol. The zero-order valence-corrected chi connectivity index (χ0v) is 20.5. The number of hydrogen-bond acceptors (Lipinski definition) is 4. The predicted molar refractivity (Wildman–Crippen MR) is 139 cm³/mol. The van der Waals surface area contributed by atoms with Gasteiger partial charge in [-0.1, -0.05) is 11.6 Å². The van der Waals surface area contributed by atoms with E-state index < -0.39 is 0 Å². The molecule has 2 aromatic heterocycles. The maximum Gasteiger partial charge on any atom is 0.338 e. The third kappa shape index (κ3) is 5.21. The Morgan fingerprint density at radius 1 is 1.09 bits per heavy atom. The van der Waals surface area contributed by atoms with Gasteiger partial charge in [-0.3, -0.25) is 4.98 Å². The van der Waals surface area contributed by atoms with Crippen LogP contribution in [-0.4, -0.2) is 11.0 Å². The Balaban J connectivity index is 0.00000274. The molecule has 1 atom stereocenters. The molecule has 34 heavy (non-hydrogen) atoms. The van der Waals surface area contributed by atoms with Gasteiger partial charge in [0.15, 0.2) is 0 Å². The van der Waals surface area contributed by atoms with E-state index in [0.717, 1.165) is 54.1 Å². The van der Waals surface area contributed by atoms with E-state index in [1.54, 1.807) is 24.3 Å². The first-order valence-corrected chi connectivity index (χ1v) is 11.9.